The molecular formula is C22H16F2N4O2S. The minimum Gasteiger partial charge on any atom is -0.333 e. The number of rotatable bonds is 5. The summed E-state index contributed by atoms with van der Waals surface area (Å²) in [5, 5.41) is 0.804. The summed E-state index contributed by atoms with van der Waals surface area (Å²) in [6, 6.07) is 17.2. The monoisotopic (exact) mass is 438 g/mol. The summed E-state index contributed by atoms with van der Waals surface area (Å²) >= 11 is 1.54. The molecule has 156 valence electrons. The Bertz CT molecular complexity index is 1230. The second-order valence-corrected chi connectivity index (χ2v) is 7.54. The molecule has 0 spiro atoms. The van der Waals surface area contributed by atoms with Crippen LogP contribution in [-0.4, -0.2) is 21.8 Å². The third-order valence-corrected chi connectivity index (χ3v) is 5.37. The van der Waals surface area contributed by atoms with E-state index in [0.29, 0.717) is 17.4 Å². The van der Waals surface area contributed by atoms with E-state index in [9.17, 15) is 18.4 Å². The number of hydrazine groups is 1. The summed E-state index contributed by atoms with van der Waals surface area (Å²) in [7, 11) is 0. The Labute approximate surface area is 180 Å². The minimum absolute atomic E-state index is 0.317. The third-order valence-electron chi connectivity index (χ3n) is 4.42. The average molecular weight is 438 g/mol. The van der Waals surface area contributed by atoms with E-state index in [1.807, 2.05) is 24.3 Å². The molecule has 0 bridgehead atoms. The van der Waals surface area contributed by atoms with Crippen LogP contribution in [0.15, 0.2) is 71.9 Å². The maximum Gasteiger partial charge on any atom is 0.272 e. The Kier molecular flexibility index (Phi) is 5.94. The Morgan fingerprint density at radius 3 is 2.42 bits per heavy atom. The van der Waals surface area contributed by atoms with Gasteiger partial charge in [-0.3, -0.25) is 20.4 Å². The zero-order chi connectivity index (χ0) is 21.8. The maximum atomic E-state index is 13.6. The van der Waals surface area contributed by atoms with Crippen LogP contribution in [0.4, 0.5) is 8.78 Å². The lowest BCUT2D eigenvalue weighted by Gasteiger charge is -2.08. The predicted octanol–water partition coefficient (Wildman–Crippen LogP) is 4.21. The van der Waals surface area contributed by atoms with Gasteiger partial charge in [-0.1, -0.05) is 36.0 Å². The normalized spacial score (nSPS) is 10.8. The summed E-state index contributed by atoms with van der Waals surface area (Å²) in [6.07, 6.45) is 0. The van der Waals surface area contributed by atoms with Gasteiger partial charge in [-0.15, -0.1) is 0 Å². The smallest absolute Gasteiger partial charge is 0.272 e. The molecular weight excluding hydrogens is 422 g/mol. The lowest BCUT2D eigenvalue weighted by Crippen LogP contribution is -2.41. The van der Waals surface area contributed by atoms with Crippen molar-refractivity contribution in [3.8, 4) is 0 Å². The first-order chi connectivity index (χ1) is 15.0. The van der Waals surface area contributed by atoms with E-state index in [2.05, 4.69) is 20.8 Å². The number of carbonyl (C=O) groups excluding carboxylic acids is 2. The molecule has 0 saturated heterocycles. The summed E-state index contributed by atoms with van der Waals surface area (Å²) < 4.78 is 26.6. The summed E-state index contributed by atoms with van der Waals surface area (Å²) in [5.74, 6) is -2.60. The van der Waals surface area contributed by atoms with Crippen LogP contribution in [0.5, 0.6) is 0 Å². The Morgan fingerprint density at radius 2 is 1.68 bits per heavy atom. The number of para-hydroxylation sites is 2. The number of fused-ring (bicyclic) bond motifs is 1. The van der Waals surface area contributed by atoms with Crippen molar-refractivity contribution in [3.63, 3.8) is 0 Å². The highest BCUT2D eigenvalue weighted by molar-refractivity contribution is 7.98. The second-order valence-electron chi connectivity index (χ2n) is 6.58. The SMILES string of the molecule is O=C(NNC(=O)c1ccc(F)cc1F)c1ccc(CSc2nc3ccccc3[nH]2)cc1. The van der Waals surface area contributed by atoms with Crippen molar-refractivity contribution in [2.24, 2.45) is 0 Å². The number of hydrogen-bond acceptors (Lipinski definition) is 4. The number of nitrogens with one attached hydrogen (secondary N) is 3. The standard InChI is InChI=1S/C22H16F2N4O2S/c23-15-9-10-16(17(24)11-15)21(30)28-27-20(29)14-7-5-13(6-8-14)12-31-22-25-18-3-1-2-4-19(18)26-22/h1-11H,12H2,(H,25,26)(H,27,29)(H,28,30). The Balaban J connectivity index is 1.31. The fraction of sp³-hybridized carbons (Fsp3) is 0.0455. The van der Waals surface area contributed by atoms with Crippen molar-refractivity contribution >= 4 is 34.6 Å². The summed E-state index contributed by atoms with van der Waals surface area (Å²) in [4.78, 5) is 31.9. The van der Waals surface area contributed by atoms with Crippen LogP contribution in [0.2, 0.25) is 0 Å². The van der Waals surface area contributed by atoms with Gasteiger partial charge in [0.05, 0.1) is 16.6 Å². The number of amides is 2. The number of aromatic nitrogens is 2. The molecule has 1 aromatic heterocycles. The molecule has 3 N–H and O–H groups in total. The van der Waals surface area contributed by atoms with Crippen molar-refractivity contribution in [3.05, 3.63) is 95.1 Å². The van der Waals surface area contributed by atoms with Crippen LogP contribution in [0, 0.1) is 11.6 Å². The number of thioether (sulfide) groups is 1. The molecule has 0 fully saturated rings. The predicted molar refractivity (Wildman–Crippen MR) is 113 cm³/mol. The number of imidazole rings is 1. The molecule has 3 aromatic carbocycles. The Hall–Kier alpha value is -3.72. The molecule has 4 rings (SSSR count). The van der Waals surface area contributed by atoms with Crippen LogP contribution in [0.1, 0.15) is 26.3 Å². The fourth-order valence-corrected chi connectivity index (χ4v) is 3.67. The third kappa shape index (κ3) is 4.89. The highest BCUT2D eigenvalue weighted by Gasteiger charge is 2.14. The van der Waals surface area contributed by atoms with Gasteiger partial charge in [-0.2, -0.15) is 0 Å². The molecule has 0 unspecified atom stereocenters. The molecule has 0 atom stereocenters. The summed E-state index contributed by atoms with van der Waals surface area (Å²) in [5.41, 5.74) is 7.13. The molecule has 4 aromatic rings. The number of H-pyrrole nitrogens is 1. The zero-order valence-electron chi connectivity index (χ0n) is 16.0. The van der Waals surface area contributed by atoms with Gasteiger partial charge in [0, 0.05) is 17.4 Å². The quantitative estimate of drug-likeness (QED) is 0.322. The van der Waals surface area contributed by atoms with Gasteiger partial charge in [-0.25, -0.2) is 13.8 Å². The molecule has 0 saturated carbocycles. The number of aromatic amines is 1. The van der Waals surface area contributed by atoms with E-state index < -0.39 is 23.4 Å². The van der Waals surface area contributed by atoms with Crippen LogP contribution < -0.4 is 10.9 Å². The summed E-state index contributed by atoms with van der Waals surface area (Å²) in [6.45, 7) is 0. The van der Waals surface area contributed by atoms with E-state index in [4.69, 9.17) is 0 Å². The van der Waals surface area contributed by atoms with Crippen LogP contribution in [0.3, 0.4) is 0 Å². The first-order valence-corrected chi connectivity index (χ1v) is 10.2. The van der Waals surface area contributed by atoms with Crippen molar-refractivity contribution in [1.82, 2.24) is 20.8 Å². The van der Waals surface area contributed by atoms with E-state index in [1.165, 1.54) is 0 Å². The van der Waals surface area contributed by atoms with Crippen molar-refractivity contribution in [1.29, 1.82) is 0 Å². The molecule has 9 heteroatoms. The number of hydrogen-bond donors (Lipinski definition) is 3. The van der Waals surface area contributed by atoms with Crippen LogP contribution in [0.25, 0.3) is 11.0 Å². The highest BCUT2D eigenvalue weighted by Crippen LogP contribution is 2.23. The average Bonchev–Trinajstić information content (AvgIpc) is 3.19. The molecule has 1 heterocycles. The minimum atomic E-state index is -1.02. The number of carbonyl (C=O) groups is 2. The van der Waals surface area contributed by atoms with Gasteiger partial charge in [0.1, 0.15) is 11.6 Å². The molecule has 0 aliphatic rings. The largest absolute Gasteiger partial charge is 0.333 e. The number of halogens is 2. The van der Waals surface area contributed by atoms with Crippen molar-refractivity contribution in [2.45, 2.75) is 10.9 Å². The first-order valence-electron chi connectivity index (χ1n) is 9.22. The molecule has 2 amide bonds. The number of nitrogens with zero attached hydrogens (tertiary/aromatic N) is 1. The van der Waals surface area contributed by atoms with Gasteiger partial charge in [0.25, 0.3) is 11.8 Å². The second kappa shape index (κ2) is 8.97. The lowest BCUT2D eigenvalue weighted by molar-refractivity contribution is 0.0844. The van der Waals surface area contributed by atoms with Crippen molar-refractivity contribution in [2.75, 3.05) is 0 Å². The maximum absolute atomic E-state index is 13.6. The number of benzene rings is 3. The fourth-order valence-electron chi connectivity index (χ4n) is 2.83. The van der Waals surface area contributed by atoms with Gasteiger partial charge in [-0.05, 0) is 42.0 Å². The first kappa shape index (κ1) is 20.5. The van der Waals surface area contributed by atoms with E-state index >= 15 is 0 Å². The van der Waals surface area contributed by atoms with E-state index in [-0.39, 0.29) is 5.56 Å². The highest BCUT2D eigenvalue weighted by atomic mass is 32.2. The van der Waals surface area contributed by atoms with Gasteiger partial charge in [0.15, 0.2) is 5.16 Å². The van der Waals surface area contributed by atoms with Crippen molar-refractivity contribution < 1.29 is 18.4 Å². The topological polar surface area (TPSA) is 86.9 Å². The van der Waals surface area contributed by atoms with E-state index in [0.717, 1.165) is 33.9 Å². The zero-order valence-corrected chi connectivity index (χ0v) is 16.8. The van der Waals surface area contributed by atoms with E-state index in [1.54, 1.807) is 36.0 Å². The van der Waals surface area contributed by atoms with Gasteiger partial charge >= 0.3 is 0 Å². The Morgan fingerprint density at radius 1 is 0.935 bits per heavy atom. The van der Waals surface area contributed by atoms with Gasteiger partial charge < -0.3 is 4.98 Å². The van der Waals surface area contributed by atoms with Crippen LogP contribution in [-0.2, 0) is 5.75 Å². The molecule has 31 heavy (non-hydrogen) atoms. The van der Waals surface area contributed by atoms with Gasteiger partial charge in [0.2, 0.25) is 0 Å². The molecule has 0 aliphatic carbocycles. The van der Waals surface area contributed by atoms with Crippen LogP contribution >= 0.6 is 11.8 Å². The lowest BCUT2D eigenvalue weighted by atomic mass is 10.1. The molecule has 0 radical (unpaired) electrons. The molecule has 0 aliphatic heterocycles. The molecule has 6 nitrogen and oxygen atoms in total.